The summed E-state index contributed by atoms with van der Waals surface area (Å²) in [4.78, 5) is 0. The van der Waals surface area contributed by atoms with Crippen molar-refractivity contribution in [2.75, 3.05) is 0 Å². The average molecular weight is 1710 g/mol. The van der Waals surface area contributed by atoms with E-state index in [9.17, 15) is 0 Å². The molecule has 0 aromatic carbocycles. The molecule has 180 valence electrons. The SMILES string of the molecule is [CH]1=[Ge]2[CH]=[Ge]3[CH]=[Ge]4[CH]=[Ge]5[CH]=[Ge]6[CH]=[Ge]7[CH]=[Ge]8[CH]=[Ge]9[CH]=[Ge]%10[CH]=[Ge]1[C]1=[GeH][C]%10=[GeH][C]9=[GeH][C]8=[GeH][C]7=[GeH][C]6=[GeH][C]5=[GeH][C]4=[GeH][C]3=[GeH][C]2=[GeH]1. The first-order valence-corrected chi connectivity index (χ1v) is 73.0. The van der Waals surface area contributed by atoms with Crippen LogP contribution >= 0.6 is 0 Å². The van der Waals surface area contributed by atoms with Gasteiger partial charge in [0, 0.05) is 0 Å². The zero-order chi connectivity index (χ0) is 25.7. The summed E-state index contributed by atoms with van der Waals surface area (Å²) < 4.78 is 60.5. The van der Waals surface area contributed by atoms with Crippen LogP contribution in [0.3, 0.4) is 0 Å². The van der Waals surface area contributed by atoms with Crippen molar-refractivity contribution in [1.82, 2.24) is 0 Å². The van der Waals surface area contributed by atoms with Crippen LogP contribution < -0.4 is 0 Å². The molecule has 0 fully saturated rings. The molecule has 10 aliphatic heterocycles. The molecule has 0 N–H and O–H groups in total. The molecule has 40 heavy (non-hydrogen) atoms. The molecule has 10 heterocycles. The van der Waals surface area contributed by atoms with E-state index < -0.39 is 139 Å². The first kappa shape index (κ1) is 31.8. The summed E-state index contributed by atoms with van der Waals surface area (Å²) in [5.41, 5.74) is 0. The van der Waals surface area contributed by atoms with E-state index in [0.717, 1.165) is 0 Å². The first-order valence-electron chi connectivity index (χ1n) is 14.0. The molecule has 0 spiro atoms. The minimum atomic E-state index is -0.878. The van der Waals surface area contributed by atoms with Gasteiger partial charge in [0.25, 0.3) is 0 Å². The Balaban J connectivity index is 1.22. The second kappa shape index (κ2) is 13.0. The van der Waals surface area contributed by atoms with Gasteiger partial charge in [0.15, 0.2) is 0 Å². The normalized spacial score (nSPS) is 26.0. The summed E-state index contributed by atoms with van der Waals surface area (Å²) in [7, 11) is 0. The number of fused-ring (bicyclic) bond motifs is 10. The van der Waals surface area contributed by atoms with Crippen LogP contribution in [0.15, 0.2) is 0 Å². The molecule has 0 amide bonds. The Labute approximate surface area is 336 Å². The summed E-state index contributed by atoms with van der Waals surface area (Å²) >= 11 is -8.41. The van der Waals surface area contributed by atoms with Crippen molar-refractivity contribution in [3.05, 3.63) is 0 Å². The molecule has 0 radical (unpaired) electrons. The Kier molecular flexibility index (Phi) is 10.3. The van der Waals surface area contributed by atoms with Gasteiger partial charge >= 0.3 is 346 Å². The summed E-state index contributed by atoms with van der Waals surface area (Å²) in [6, 6.07) is 0. The van der Waals surface area contributed by atoms with E-state index in [0.29, 0.717) is 0 Å². The second-order valence-corrected chi connectivity index (χ2v) is 193. The first-order chi connectivity index (χ1) is 19.7. The standard InChI is InChI=1S/C20H20Ge20/c1-31-2-33-4-35-6-37-8-39-10-40-9-38-7-36-5-34-3-32(1)12-21-11(31)22-13(33)24-15(35)26-17(37)28-19(39)30-20(40)29-18(38)27-16(36)25-14(34)23-12/h1-10,21-30H. The van der Waals surface area contributed by atoms with Crippen LogP contribution in [0.1, 0.15) is 0 Å². The van der Waals surface area contributed by atoms with E-state index in [2.05, 4.69) is 57.0 Å². The topological polar surface area (TPSA) is 0 Å². The van der Waals surface area contributed by atoms with Gasteiger partial charge in [-0.2, -0.15) is 0 Å². The van der Waals surface area contributed by atoms with E-state index in [1.54, 1.807) is 0 Å². The molecular weight excluding hydrogens is 1690 g/mol. The fraction of sp³-hybridized carbons (Fsp3) is 0. The molecule has 0 saturated heterocycles. The van der Waals surface area contributed by atoms with Crippen LogP contribution in [0.4, 0.5) is 0 Å². The number of hydrogen-bond acceptors (Lipinski definition) is 0. The van der Waals surface area contributed by atoms with Crippen LogP contribution in [0.25, 0.3) is 0 Å². The Morgan fingerprint density at radius 3 is 0.400 bits per heavy atom. The van der Waals surface area contributed by atoms with Gasteiger partial charge in [0.2, 0.25) is 0 Å². The van der Waals surface area contributed by atoms with E-state index >= 15 is 0 Å². The van der Waals surface area contributed by atoms with Crippen molar-refractivity contribution in [3.8, 4) is 0 Å². The van der Waals surface area contributed by atoms with Crippen molar-refractivity contribution in [1.29, 1.82) is 0 Å². The molecule has 0 aromatic rings. The Morgan fingerprint density at radius 2 is 0.300 bits per heavy atom. The maximum absolute atomic E-state index is 3.44. The monoisotopic (exact) mass is 1740 g/mol. The van der Waals surface area contributed by atoms with E-state index in [1.807, 2.05) is 0 Å². The molecule has 0 aromatic heterocycles. The van der Waals surface area contributed by atoms with Crippen molar-refractivity contribution in [2.24, 2.45) is 0 Å². The van der Waals surface area contributed by atoms with Crippen LogP contribution in [-0.4, -0.2) is 346 Å². The quantitative estimate of drug-likeness (QED) is 0.212. The van der Waals surface area contributed by atoms with Gasteiger partial charge in [-0.3, -0.25) is 0 Å². The van der Waals surface area contributed by atoms with Gasteiger partial charge in [-0.25, -0.2) is 0 Å². The van der Waals surface area contributed by atoms with Crippen molar-refractivity contribution < 1.29 is 0 Å². The maximum atomic E-state index is 3.44. The molecule has 10 rings (SSSR count). The molecule has 0 atom stereocenters. The molecule has 0 unspecified atom stereocenters. The van der Waals surface area contributed by atoms with Crippen LogP contribution in [0.5, 0.6) is 0 Å². The van der Waals surface area contributed by atoms with Gasteiger partial charge in [0.1, 0.15) is 0 Å². The van der Waals surface area contributed by atoms with Crippen molar-refractivity contribution in [2.45, 2.75) is 0 Å². The predicted octanol–water partition coefficient (Wildman–Crippen LogP) is -14.6. The third-order valence-electron chi connectivity index (χ3n) is 9.55. The number of rotatable bonds is 0. The zero-order valence-electron chi connectivity index (χ0n) is 21.5. The van der Waals surface area contributed by atoms with Crippen molar-refractivity contribution in [3.63, 3.8) is 0 Å². The summed E-state index contributed by atoms with van der Waals surface area (Å²) in [6.45, 7) is 0. The second-order valence-electron chi connectivity index (χ2n) is 12.0. The molecular formula is C20H20Ge20. The van der Waals surface area contributed by atoms with E-state index in [-0.39, 0.29) is 150 Å². The molecule has 0 aliphatic carbocycles. The molecule has 0 nitrogen and oxygen atoms in total. The van der Waals surface area contributed by atoms with Crippen molar-refractivity contribution >= 4 is 346 Å². The Morgan fingerprint density at radius 1 is 0.200 bits per heavy atom. The van der Waals surface area contributed by atoms with Gasteiger partial charge < -0.3 is 0 Å². The van der Waals surface area contributed by atoms with Crippen LogP contribution in [0, 0.1) is 0 Å². The fourth-order valence-electron chi connectivity index (χ4n) is 7.52. The summed E-state index contributed by atoms with van der Waals surface area (Å²) in [5.74, 6) is 0. The Hall–Kier alpha value is 8.26. The summed E-state index contributed by atoms with van der Waals surface area (Å²) in [5, 5.41) is 0. The molecule has 20 heteroatoms. The van der Waals surface area contributed by atoms with E-state index in [1.165, 1.54) is 0 Å². The number of hydrogen-bond donors (Lipinski definition) is 0. The third-order valence-corrected chi connectivity index (χ3v) is 258. The third kappa shape index (κ3) is 5.76. The zero-order valence-corrected chi connectivity index (χ0v) is 66.8. The predicted molar refractivity (Wildman–Crippen MR) is 240 cm³/mol. The summed E-state index contributed by atoms with van der Waals surface area (Å²) in [6.07, 6.45) is 0. The fourth-order valence-corrected chi connectivity index (χ4v) is 629. The molecule has 0 bridgehead atoms. The molecule has 10 aliphatic rings. The minimum absolute atomic E-state index is 0.0368. The molecule has 0 saturated carbocycles. The van der Waals surface area contributed by atoms with Gasteiger partial charge in [-0.05, 0) is 0 Å². The van der Waals surface area contributed by atoms with E-state index in [4.69, 9.17) is 0 Å². The van der Waals surface area contributed by atoms with Gasteiger partial charge in [-0.1, -0.05) is 0 Å². The van der Waals surface area contributed by atoms with Gasteiger partial charge in [-0.15, -0.1) is 0 Å². The Bertz CT molecular complexity index is 1520. The van der Waals surface area contributed by atoms with Gasteiger partial charge in [0.05, 0.1) is 0 Å². The van der Waals surface area contributed by atoms with Crippen LogP contribution in [-0.2, 0) is 0 Å². The average Bonchev–Trinajstić information content (AvgIpc) is 2.94. The van der Waals surface area contributed by atoms with Crippen LogP contribution in [0.2, 0.25) is 0 Å².